The molecule has 0 saturated carbocycles. The summed E-state index contributed by atoms with van der Waals surface area (Å²) in [7, 11) is 0. The zero-order valence-electron chi connectivity index (χ0n) is 11.9. The largest absolute Gasteiger partial charge is 0.382 e. The lowest BCUT2D eigenvalue weighted by Gasteiger charge is -2.23. The highest BCUT2D eigenvalue weighted by molar-refractivity contribution is 5.97. The van der Waals surface area contributed by atoms with E-state index in [0.29, 0.717) is 11.5 Å². The van der Waals surface area contributed by atoms with Crippen molar-refractivity contribution in [2.75, 3.05) is 0 Å². The van der Waals surface area contributed by atoms with Crippen molar-refractivity contribution >= 4 is 11.6 Å². The summed E-state index contributed by atoms with van der Waals surface area (Å²) in [5.41, 5.74) is 10.5. The Morgan fingerprint density at radius 3 is 2.32 bits per heavy atom. The van der Waals surface area contributed by atoms with Crippen molar-refractivity contribution in [1.82, 2.24) is 5.43 Å². The first-order valence-corrected chi connectivity index (χ1v) is 6.11. The number of hydrogen-bond donors (Lipinski definition) is 2. The van der Waals surface area contributed by atoms with Crippen LogP contribution in [0.1, 0.15) is 31.9 Å². The van der Waals surface area contributed by atoms with Gasteiger partial charge in [-0.3, -0.25) is 10.2 Å². The summed E-state index contributed by atoms with van der Waals surface area (Å²) < 4.78 is 0. The Balaban J connectivity index is 2.79. The van der Waals surface area contributed by atoms with Gasteiger partial charge in [0.25, 0.3) is 0 Å². The monoisotopic (exact) mass is 259 g/mol. The van der Waals surface area contributed by atoms with Gasteiger partial charge in [0.1, 0.15) is 5.78 Å². The lowest BCUT2D eigenvalue weighted by molar-refractivity contribution is -0.123. The van der Waals surface area contributed by atoms with Crippen molar-refractivity contribution in [3.63, 3.8) is 0 Å². The quantitative estimate of drug-likeness (QED) is 0.484. The molecule has 0 aromatic heterocycles. The van der Waals surface area contributed by atoms with E-state index in [-0.39, 0.29) is 5.78 Å². The molecule has 0 bridgehead atoms. The van der Waals surface area contributed by atoms with E-state index in [4.69, 9.17) is 5.73 Å². The number of amidine groups is 1. The van der Waals surface area contributed by atoms with Crippen LogP contribution in [0, 0.1) is 12.3 Å². The van der Waals surface area contributed by atoms with Crippen LogP contribution in [0.25, 0.3) is 0 Å². The second-order valence-corrected chi connectivity index (χ2v) is 5.13. The minimum atomic E-state index is -0.670. The predicted molar refractivity (Wildman–Crippen MR) is 78.6 cm³/mol. The molecule has 19 heavy (non-hydrogen) atoms. The Labute approximate surface area is 114 Å². The summed E-state index contributed by atoms with van der Waals surface area (Å²) in [6, 6.07) is 7.72. The van der Waals surface area contributed by atoms with Gasteiger partial charge >= 0.3 is 0 Å². The van der Waals surface area contributed by atoms with Gasteiger partial charge in [0.15, 0.2) is 5.84 Å². The van der Waals surface area contributed by atoms with Crippen LogP contribution in [0.4, 0.5) is 0 Å². The Bertz CT molecular complexity index is 513. The first-order valence-electron chi connectivity index (χ1n) is 6.11. The second kappa shape index (κ2) is 5.69. The van der Waals surface area contributed by atoms with Gasteiger partial charge < -0.3 is 5.73 Å². The summed E-state index contributed by atoms with van der Waals surface area (Å²) >= 11 is 0. The van der Waals surface area contributed by atoms with E-state index in [2.05, 4.69) is 17.1 Å². The number of aryl methyl sites for hydroxylation is 1. The van der Waals surface area contributed by atoms with Crippen molar-refractivity contribution in [2.24, 2.45) is 16.3 Å². The number of nitrogens with zero attached hydrogens (tertiary/aromatic N) is 1. The zero-order chi connectivity index (χ0) is 14.6. The zero-order valence-corrected chi connectivity index (χ0v) is 11.9. The number of Topliss-reactive ketones (excluding diaryl/α,β-unsaturated/α-hetero) is 1. The molecule has 1 aromatic carbocycles. The Kier molecular flexibility index (Phi) is 4.48. The van der Waals surface area contributed by atoms with Gasteiger partial charge in [-0.1, -0.05) is 36.4 Å². The molecule has 0 atom stereocenters. The summed E-state index contributed by atoms with van der Waals surface area (Å²) in [6.45, 7) is 11.0. The number of benzene rings is 1. The molecule has 102 valence electrons. The van der Waals surface area contributed by atoms with Crippen molar-refractivity contribution in [3.8, 4) is 0 Å². The van der Waals surface area contributed by atoms with Crippen LogP contribution in [0.3, 0.4) is 0 Å². The number of rotatable bonds is 5. The molecule has 4 nitrogen and oxygen atoms in total. The number of ketones is 1. The lowest BCUT2D eigenvalue weighted by atomic mass is 9.86. The maximum absolute atomic E-state index is 11.5. The molecule has 0 aliphatic rings. The minimum absolute atomic E-state index is 0.0223. The molecule has 3 N–H and O–H groups in total. The molecule has 0 unspecified atom stereocenters. The second-order valence-electron chi connectivity index (χ2n) is 5.13. The SMILES string of the molecule is C=C(NN=C(N)c1ccc(C)cc1)C(C)(C)C(C)=O. The average molecular weight is 259 g/mol. The summed E-state index contributed by atoms with van der Waals surface area (Å²) in [5.74, 6) is 0.384. The van der Waals surface area contributed by atoms with E-state index in [1.54, 1.807) is 13.8 Å². The number of nitrogens with two attached hydrogens (primary N) is 1. The van der Waals surface area contributed by atoms with E-state index in [1.807, 2.05) is 31.2 Å². The fourth-order valence-corrected chi connectivity index (χ4v) is 1.27. The van der Waals surface area contributed by atoms with Crippen LogP contribution in [0.15, 0.2) is 41.6 Å². The van der Waals surface area contributed by atoms with Gasteiger partial charge in [-0.25, -0.2) is 0 Å². The third kappa shape index (κ3) is 3.68. The van der Waals surface area contributed by atoms with E-state index in [9.17, 15) is 4.79 Å². The molecule has 0 fully saturated rings. The van der Waals surface area contributed by atoms with Crippen molar-refractivity contribution in [2.45, 2.75) is 27.7 Å². The number of carbonyl (C=O) groups is 1. The van der Waals surface area contributed by atoms with Gasteiger partial charge in [-0.15, -0.1) is 0 Å². The van der Waals surface area contributed by atoms with Gasteiger partial charge in [-0.2, -0.15) is 5.10 Å². The normalized spacial score (nSPS) is 12.1. The molecular weight excluding hydrogens is 238 g/mol. The molecule has 0 heterocycles. The van der Waals surface area contributed by atoms with Crippen LogP contribution in [0.2, 0.25) is 0 Å². The fraction of sp³-hybridized carbons (Fsp3) is 0.333. The topological polar surface area (TPSA) is 67.5 Å². The first kappa shape index (κ1) is 15.0. The smallest absolute Gasteiger partial charge is 0.150 e. The van der Waals surface area contributed by atoms with E-state index < -0.39 is 5.41 Å². The molecular formula is C15H21N3O. The van der Waals surface area contributed by atoms with E-state index in [1.165, 1.54) is 6.92 Å². The predicted octanol–water partition coefficient (Wildman–Crippen LogP) is 2.33. The molecule has 1 rings (SSSR count). The van der Waals surface area contributed by atoms with Crippen LogP contribution in [-0.2, 0) is 4.79 Å². The maximum atomic E-state index is 11.5. The van der Waals surface area contributed by atoms with Gasteiger partial charge in [0.05, 0.1) is 5.41 Å². The highest BCUT2D eigenvalue weighted by Crippen LogP contribution is 2.23. The standard InChI is InChI=1S/C15H21N3O/c1-10-6-8-13(9-7-10)14(16)18-17-11(2)15(4,5)12(3)19/h6-9,17H,2H2,1,3-5H3,(H2,16,18). The lowest BCUT2D eigenvalue weighted by Crippen LogP contribution is -2.31. The summed E-state index contributed by atoms with van der Waals surface area (Å²) in [4.78, 5) is 11.5. The van der Waals surface area contributed by atoms with Gasteiger partial charge in [-0.05, 0) is 27.7 Å². The minimum Gasteiger partial charge on any atom is -0.382 e. The fourth-order valence-electron chi connectivity index (χ4n) is 1.27. The van der Waals surface area contributed by atoms with Crippen LogP contribution >= 0.6 is 0 Å². The molecule has 1 aromatic rings. The first-order chi connectivity index (χ1) is 8.75. The number of nitrogens with one attached hydrogen (secondary N) is 1. The van der Waals surface area contributed by atoms with Crippen molar-refractivity contribution < 1.29 is 4.79 Å². The van der Waals surface area contributed by atoms with E-state index >= 15 is 0 Å². The average Bonchev–Trinajstić information content (AvgIpc) is 2.36. The molecule has 0 amide bonds. The van der Waals surface area contributed by atoms with Crippen LogP contribution in [-0.4, -0.2) is 11.6 Å². The number of allylic oxidation sites excluding steroid dienone is 1. The van der Waals surface area contributed by atoms with Crippen molar-refractivity contribution in [1.29, 1.82) is 0 Å². The molecule has 0 aliphatic heterocycles. The highest BCUT2D eigenvalue weighted by Gasteiger charge is 2.27. The molecule has 0 saturated heterocycles. The Morgan fingerprint density at radius 1 is 1.32 bits per heavy atom. The van der Waals surface area contributed by atoms with Crippen LogP contribution < -0.4 is 11.2 Å². The Hall–Kier alpha value is -2.10. The summed E-state index contributed by atoms with van der Waals surface area (Å²) in [5, 5.41) is 4.07. The van der Waals surface area contributed by atoms with Crippen LogP contribution in [0.5, 0.6) is 0 Å². The van der Waals surface area contributed by atoms with Gasteiger partial charge in [0.2, 0.25) is 0 Å². The molecule has 4 heteroatoms. The van der Waals surface area contributed by atoms with E-state index in [0.717, 1.165) is 11.1 Å². The van der Waals surface area contributed by atoms with Gasteiger partial charge in [0, 0.05) is 11.3 Å². The molecule has 0 aliphatic carbocycles. The highest BCUT2D eigenvalue weighted by atomic mass is 16.1. The molecule has 0 spiro atoms. The summed E-state index contributed by atoms with van der Waals surface area (Å²) in [6.07, 6.45) is 0. The number of hydrazone groups is 1. The molecule has 0 radical (unpaired) electrons. The number of carbonyl (C=O) groups excluding carboxylic acids is 1. The third-order valence-electron chi connectivity index (χ3n) is 3.29. The number of hydrogen-bond acceptors (Lipinski definition) is 3. The Morgan fingerprint density at radius 2 is 1.84 bits per heavy atom. The van der Waals surface area contributed by atoms with Crippen molar-refractivity contribution in [3.05, 3.63) is 47.7 Å². The maximum Gasteiger partial charge on any atom is 0.150 e. The third-order valence-corrected chi connectivity index (χ3v) is 3.29.